The molecule has 6 heteroatoms. The van der Waals surface area contributed by atoms with Gasteiger partial charge in [0.2, 0.25) is 5.91 Å². The van der Waals surface area contributed by atoms with Crippen molar-refractivity contribution in [2.45, 2.75) is 37.8 Å². The smallest absolute Gasteiger partial charge is 0.227 e. The Hall–Kier alpha value is -0.480. The molecule has 2 heterocycles. The van der Waals surface area contributed by atoms with E-state index >= 15 is 0 Å². The van der Waals surface area contributed by atoms with Gasteiger partial charge in [0.05, 0.1) is 16.5 Å². The summed E-state index contributed by atoms with van der Waals surface area (Å²) in [6, 6.07) is 6.19. The first-order chi connectivity index (χ1) is 9.65. The Bertz CT molecular complexity index is 510. The summed E-state index contributed by atoms with van der Waals surface area (Å²) < 4.78 is 0. The minimum absolute atomic E-state index is 0. The Morgan fingerprint density at radius 2 is 1.95 bits per heavy atom. The fourth-order valence-electron chi connectivity index (χ4n) is 3.31. The van der Waals surface area contributed by atoms with Gasteiger partial charge in [-0.2, -0.15) is 0 Å². The molecule has 0 aromatic heterocycles. The van der Waals surface area contributed by atoms with Crippen LogP contribution >= 0.6 is 35.6 Å². The van der Waals surface area contributed by atoms with Gasteiger partial charge in [0, 0.05) is 18.6 Å². The lowest BCUT2D eigenvalue weighted by Crippen LogP contribution is -2.43. The highest BCUT2D eigenvalue weighted by molar-refractivity contribution is 6.42. The topological polar surface area (TPSA) is 32.3 Å². The van der Waals surface area contributed by atoms with Gasteiger partial charge in [-0.25, -0.2) is 0 Å². The van der Waals surface area contributed by atoms with Crippen molar-refractivity contribution in [3.8, 4) is 0 Å². The summed E-state index contributed by atoms with van der Waals surface area (Å²) in [5.74, 6) is 0.208. The van der Waals surface area contributed by atoms with Gasteiger partial charge >= 0.3 is 0 Å². The van der Waals surface area contributed by atoms with Crippen LogP contribution in [0, 0.1) is 0 Å². The van der Waals surface area contributed by atoms with Gasteiger partial charge in [-0.15, -0.1) is 12.4 Å². The molecule has 2 fully saturated rings. The highest BCUT2D eigenvalue weighted by Crippen LogP contribution is 2.29. The van der Waals surface area contributed by atoms with Gasteiger partial charge in [-0.1, -0.05) is 29.3 Å². The second kappa shape index (κ2) is 7.19. The zero-order chi connectivity index (χ0) is 14.1. The lowest BCUT2D eigenvalue weighted by molar-refractivity contribution is -0.133. The van der Waals surface area contributed by atoms with Crippen molar-refractivity contribution in [3.63, 3.8) is 0 Å². The zero-order valence-corrected chi connectivity index (χ0v) is 14.0. The summed E-state index contributed by atoms with van der Waals surface area (Å²) in [4.78, 5) is 14.7. The molecular formula is C15H19Cl3N2O. The number of rotatable bonds is 2. The quantitative estimate of drug-likeness (QED) is 0.888. The number of fused-ring (bicyclic) bond motifs is 2. The van der Waals surface area contributed by atoms with Gasteiger partial charge in [0.15, 0.2) is 0 Å². The molecule has 2 aliphatic heterocycles. The largest absolute Gasteiger partial charge is 0.335 e. The van der Waals surface area contributed by atoms with Gasteiger partial charge in [0.25, 0.3) is 0 Å². The van der Waals surface area contributed by atoms with E-state index in [0.29, 0.717) is 28.5 Å². The Morgan fingerprint density at radius 1 is 1.19 bits per heavy atom. The number of carbonyl (C=O) groups excluding carboxylic acids is 1. The van der Waals surface area contributed by atoms with E-state index < -0.39 is 0 Å². The fraction of sp³-hybridized carbons (Fsp3) is 0.533. The molecule has 0 radical (unpaired) electrons. The first-order valence-electron chi connectivity index (χ1n) is 7.11. The molecular weight excluding hydrogens is 331 g/mol. The standard InChI is InChI=1S/C15H18Cl2N2O.ClH/c16-13-4-1-10(7-14(13)17)8-15(20)19-11-2-3-12(19)9-18-6-5-11;/h1,4,7,11-12,18H,2-3,5-6,8-9H2;1H. The van der Waals surface area contributed by atoms with Crippen molar-refractivity contribution < 1.29 is 4.79 Å². The van der Waals surface area contributed by atoms with E-state index in [4.69, 9.17) is 23.2 Å². The highest BCUT2D eigenvalue weighted by atomic mass is 35.5. The molecule has 2 saturated heterocycles. The van der Waals surface area contributed by atoms with E-state index in [1.165, 1.54) is 0 Å². The average Bonchev–Trinajstić information content (AvgIpc) is 2.67. The molecule has 3 nitrogen and oxygen atoms in total. The van der Waals surface area contributed by atoms with Crippen LogP contribution in [0.25, 0.3) is 0 Å². The summed E-state index contributed by atoms with van der Waals surface area (Å²) in [7, 11) is 0. The van der Waals surface area contributed by atoms with Crippen molar-refractivity contribution in [1.29, 1.82) is 0 Å². The third-order valence-corrected chi connectivity index (χ3v) is 5.02. The van der Waals surface area contributed by atoms with Gasteiger partial charge in [-0.05, 0) is 43.5 Å². The number of amides is 1. The summed E-state index contributed by atoms with van der Waals surface area (Å²) in [5, 5.41) is 4.45. The first-order valence-corrected chi connectivity index (χ1v) is 7.86. The monoisotopic (exact) mass is 348 g/mol. The van der Waals surface area contributed by atoms with Crippen LogP contribution in [0.1, 0.15) is 24.8 Å². The number of halogens is 3. The first kappa shape index (κ1) is 16.9. The normalized spacial score (nSPS) is 24.4. The van der Waals surface area contributed by atoms with Crippen LogP contribution < -0.4 is 5.32 Å². The molecule has 116 valence electrons. The maximum atomic E-state index is 12.6. The summed E-state index contributed by atoms with van der Waals surface area (Å²) in [5.41, 5.74) is 0.931. The average molecular weight is 350 g/mol. The number of hydrogen-bond acceptors (Lipinski definition) is 2. The third-order valence-electron chi connectivity index (χ3n) is 4.28. The molecule has 21 heavy (non-hydrogen) atoms. The minimum atomic E-state index is 0. The number of hydrogen-bond donors (Lipinski definition) is 1. The molecule has 1 amide bonds. The Morgan fingerprint density at radius 3 is 2.71 bits per heavy atom. The van der Waals surface area contributed by atoms with Crippen LogP contribution in [0.4, 0.5) is 0 Å². The number of benzene rings is 1. The number of nitrogens with one attached hydrogen (secondary N) is 1. The van der Waals surface area contributed by atoms with E-state index in [9.17, 15) is 4.79 Å². The Balaban J connectivity index is 0.00000161. The maximum absolute atomic E-state index is 12.6. The molecule has 2 atom stereocenters. The van der Waals surface area contributed by atoms with E-state index in [-0.39, 0.29) is 18.3 Å². The lowest BCUT2D eigenvalue weighted by atomic mass is 10.1. The van der Waals surface area contributed by atoms with E-state index in [0.717, 1.165) is 37.9 Å². The molecule has 1 N–H and O–H groups in total. The number of carbonyl (C=O) groups is 1. The van der Waals surface area contributed by atoms with Crippen molar-refractivity contribution in [3.05, 3.63) is 33.8 Å². The predicted molar refractivity (Wildman–Crippen MR) is 88.6 cm³/mol. The predicted octanol–water partition coefficient (Wildman–Crippen LogP) is 3.31. The third kappa shape index (κ3) is 3.65. The molecule has 2 aliphatic rings. The van der Waals surface area contributed by atoms with Crippen LogP contribution in [0.3, 0.4) is 0 Å². The van der Waals surface area contributed by atoms with Crippen LogP contribution in [0.15, 0.2) is 18.2 Å². The van der Waals surface area contributed by atoms with Crippen molar-refractivity contribution >= 4 is 41.5 Å². The molecule has 2 unspecified atom stereocenters. The van der Waals surface area contributed by atoms with Crippen LogP contribution in [0.2, 0.25) is 10.0 Å². The van der Waals surface area contributed by atoms with E-state index in [1.54, 1.807) is 12.1 Å². The maximum Gasteiger partial charge on any atom is 0.227 e. The second-order valence-corrected chi connectivity index (χ2v) is 6.42. The fourth-order valence-corrected chi connectivity index (χ4v) is 3.63. The highest BCUT2D eigenvalue weighted by Gasteiger charge is 2.37. The zero-order valence-electron chi connectivity index (χ0n) is 11.6. The van der Waals surface area contributed by atoms with Gasteiger partial charge in [-0.3, -0.25) is 4.79 Å². The van der Waals surface area contributed by atoms with Crippen LogP contribution in [0.5, 0.6) is 0 Å². The molecule has 2 bridgehead atoms. The molecule has 1 aromatic rings. The van der Waals surface area contributed by atoms with Gasteiger partial charge < -0.3 is 10.2 Å². The molecule has 0 saturated carbocycles. The lowest BCUT2D eigenvalue weighted by Gasteiger charge is -2.28. The summed E-state index contributed by atoms with van der Waals surface area (Å²) in [6.07, 6.45) is 3.72. The summed E-state index contributed by atoms with van der Waals surface area (Å²) >= 11 is 11.9. The Labute approximate surface area is 141 Å². The Kier molecular flexibility index (Phi) is 5.78. The number of nitrogens with zero attached hydrogens (tertiary/aromatic N) is 1. The van der Waals surface area contributed by atoms with Gasteiger partial charge in [0.1, 0.15) is 0 Å². The van der Waals surface area contributed by atoms with E-state index in [2.05, 4.69) is 10.2 Å². The molecule has 0 aliphatic carbocycles. The molecule has 1 aromatic carbocycles. The van der Waals surface area contributed by atoms with Crippen molar-refractivity contribution in [1.82, 2.24) is 10.2 Å². The SMILES string of the molecule is Cl.O=C(Cc1ccc(Cl)c(Cl)c1)N1C2CCNCC1CC2. The minimum Gasteiger partial charge on any atom is -0.335 e. The van der Waals surface area contributed by atoms with Crippen LogP contribution in [-0.4, -0.2) is 36.0 Å². The van der Waals surface area contributed by atoms with Crippen molar-refractivity contribution in [2.75, 3.05) is 13.1 Å². The second-order valence-electron chi connectivity index (χ2n) is 5.60. The molecule has 0 spiro atoms. The van der Waals surface area contributed by atoms with Crippen molar-refractivity contribution in [2.24, 2.45) is 0 Å². The summed E-state index contributed by atoms with van der Waals surface area (Å²) in [6.45, 7) is 1.93. The van der Waals surface area contributed by atoms with E-state index in [1.807, 2.05) is 6.07 Å². The van der Waals surface area contributed by atoms with Crippen LogP contribution in [-0.2, 0) is 11.2 Å². The molecule has 3 rings (SSSR count).